The Hall–Kier alpha value is -1.95. The number of anilines is 1. The molecule has 110 valence electrons. The zero-order valence-electron chi connectivity index (χ0n) is 12.3. The van der Waals surface area contributed by atoms with Gasteiger partial charge in [0, 0.05) is 18.5 Å². The van der Waals surface area contributed by atoms with E-state index in [0.29, 0.717) is 0 Å². The number of rotatable bonds is 5. The minimum Gasteiger partial charge on any atom is -0.327 e. The number of nitrogens with two attached hydrogens (primary N) is 1. The number of benzene rings is 1. The Kier molecular flexibility index (Phi) is 5.21. The van der Waals surface area contributed by atoms with Crippen molar-refractivity contribution in [1.29, 1.82) is 0 Å². The lowest BCUT2D eigenvalue weighted by Gasteiger charge is -2.15. The van der Waals surface area contributed by atoms with Gasteiger partial charge in [0.05, 0.1) is 4.92 Å². The normalized spacial score (nSPS) is 12.3. The van der Waals surface area contributed by atoms with Crippen LogP contribution in [0.4, 0.5) is 11.4 Å². The average Bonchev–Trinajstić information content (AvgIpc) is 2.32. The third-order valence-electron chi connectivity index (χ3n) is 3.36. The monoisotopic (exact) mass is 279 g/mol. The predicted octanol–water partition coefficient (Wildman–Crippen LogP) is 2.52. The van der Waals surface area contributed by atoms with Crippen LogP contribution in [-0.4, -0.2) is 16.9 Å². The Bertz CT molecular complexity index is 527. The van der Waals surface area contributed by atoms with E-state index in [4.69, 9.17) is 5.73 Å². The molecule has 0 aromatic heterocycles. The molecule has 0 heterocycles. The Balaban J connectivity index is 2.94. The molecule has 0 saturated carbocycles. The van der Waals surface area contributed by atoms with Crippen LogP contribution in [0.2, 0.25) is 0 Å². The summed E-state index contributed by atoms with van der Waals surface area (Å²) in [5.41, 5.74) is 7.65. The third kappa shape index (κ3) is 4.03. The summed E-state index contributed by atoms with van der Waals surface area (Å²) in [4.78, 5) is 22.4. The largest absolute Gasteiger partial charge is 0.327 e. The molecule has 6 nitrogen and oxygen atoms in total. The first-order valence-electron chi connectivity index (χ1n) is 6.53. The summed E-state index contributed by atoms with van der Waals surface area (Å²) in [7, 11) is 0. The minimum absolute atomic E-state index is 0.0976. The molecule has 20 heavy (non-hydrogen) atoms. The van der Waals surface area contributed by atoms with E-state index in [1.165, 1.54) is 6.07 Å². The number of nitrogens with one attached hydrogen (secondary N) is 1. The molecule has 0 spiro atoms. The van der Waals surface area contributed by atoms with E-state index in [-0.39, 0.29) is 35.7 Å². The van der Waals surface area contributed by atoms with E-state index in [9.17, 15) is 14.9 Å². The first-order chi connectivity index (χ1) is 9.22. The van der Waals surface area contributed by atoms with E-state index < -0.39 is 4.92 Å². The molecule has 0 aliphatic carbocycles. The van der Waals surface area contributed by atoms with Crippen LogP contribution in [0.1, 0.15) is 31.4 Å². The molecule has 0 aliphatic rings. The van der Waals surface area contributed by atoms with Gasteiger partial charge in [-0.25, -0.2) is 0 Å². The van der Waals surface area contributed by atoms with Crippen LogP contribution in [0.15, 0.2) is 12.1 Å². The second kappa shape index (κ2) is 6.47. The molecule has 0 radical (unpaired) electrons. The van der Waals surface area contributed by atoms with Gasteiger partial charge in [-0.15, -0.1) is 0 Å². The zero-order chi connectivity index (χ0) is 15.4. The van der Waals surface area contributed by atoms with Gasteiger partial charge < -0.3 is 11.1 Å². The van der Waals surface area contributed by atoms with Crippen molar-refractivity contribution in [3.8, 4) is 0 Å². The van der Waals surface area contributed by atoms with Crippen molar-refractivity contribution in [2.75, 3.05) is 5.32 Å². The second-order valence-corrected chi connectivity index (χ2v) is 5.37. The molecule has 3 N–H and O–H groups in total. The number of hydrogen-bond acceptors (Lipinski definition) is 4. The summed E-state index contributed by atoms with van der Waals surface area (Å²) in [5, 5.41) is 13.6. The van der Waals surface area contributed by atoms with Crippen molar-refractivity contribution >= 4 is 17.3 Å². The lowest BCUT2D eigenvalue weighted by molar-refractivity contribution is -0.384. The number of carbonyl (C=O) groups is 1. The van der Waals surface area contributed by atoms with Crippen LogP contribution in [0, 0.1) is 29.9 Å². The minimum atomic E-state index is -0.496. The van der Waals surface area contributed by atoms with Crippen molar-refractivity contribution in [3.05, 3.63) is 33.4 Å². The van der Waals surface area contributed by atoms with Crippen molar-refractivity contribution in [2.45, 2.75) is 40.2 Å². The average molecular weight is 279 g/mol. The van der Waals surface area contributed by atoms with E-state index in [0.717, 1.165) is 11.1 Å². The van der Waals surface area contributed by atoms with Crippen LogP contribution < -0.4 is 11.1 Å². The van der Waals surface area contributed by atoms with E-state index in [2.05, 4.69) is 5.32 Å². The van der Waals surface area contributed by atoms with Gasteiger partial charge in [0.15, 0.2) is 0 Å². The van der Waals surface area contributed by atoms with Gasteiger partial charge in [-0.3, -0.25) is 14.9 Å². The lowest BCUT2D eigenvalue weighted by atomic mass is 10.0. The highest BCUT2D eigenvalue weighted by Crippen LogP contribution is 2.28. The molecule has 0 aliphatic heterocycles. The smallest absolute Gasteiger partial charge is 0.293 e. The highest BCUT2D eigenvalue weighted by Gasteiger charge is 2.19. The Morgan fingerprint density at radius 2 is 1.90 bits per heavy atom. The number of aryl methyl sites for hydroxylation is 2. The molecule has 0 bridgehead atoms. The van der Waals surface area contributed by atoms with Crippen LogP contribution in [0.3, 0.4) is 0 Å². The summed E-state index contributed by atoms with van der Waals surface area (Å²) < 4.78 is 0. The Morgan fingerprint density at radius 3 is 2.40 bits per heavy atom. The summed E-state index contributed by atoms with van der Waals surface area (Å²) >= 11 is 0. The fourth-order valence-corrected chi connectivity index (χ4v) is 1.70. The second-order valence-electron chi connectivity index (χ2n) is 5.37. The van der Waals surface area contributed by atoms with Gasteiger partial charge >= 0.3 is 0 Å². The molecule has 0 saturated heterocycles. The number of nitro groups is 1. The maximum Gasteiger partial charge on any atom is 0.293 e. The molecule has 1 amide bonds. The summed E-state index contributed by atoms with van der Waals surface area (Å²) in [6.07, 6.45) is 0.141. The Morgan fingerprint density at radius 1 is 1.35 bits per heavy atom. The summed E-state index contributed by atoms with van der Waals surface area (Å²) in [6, 6.07) is 2.82. The van der Waals surface area contributed by atoms with Gasteiger partial charge in [0.2, 0.25) is 5.91 Å². The molecular weight excluding hydrogens is 258 g/mol. The van der Waals surface area contributed by atoms with Crippen molar-refractivity contribution < 1.29 is 9.72 Å². The number of carbonyl (C=O) groups excluding carboxylic acids is 1. The quantitative estimate of drug-likeness (QED) is 0.639. The first-order valence-corrected chi connectivity index (χ1v) is 6.53. The van der Waals surface area contributed by atoms with Crippen LogP contribution in [0.5, 0.6) is 0 Å². The van der Waals surface area contributed by atoms with Crippen LogP contribution in [-0.2, 0) is 4.79 Å². The van der Waals surface area contributed by atoms with Gasteiger partial charge in [-0.1, -0.05) is 13.8 Å². The molecule has 0 fully saturated rings. The Labute approximate surface area is 118 Å². The third-order valence-corrected chi connectivity index (χ3v) is 3.36. The molecule has 1 rings (SSSR count). The fourth-order valence-electron chi connectivity index (χ4n) is 1.70. The highest BCUT2D eigenvalue weighted by molar-refractivity contribution is 5.93. The summed E-state index contributed by atoms with van der Waals surface area (Å²) in [6.45, 7) is 7.49. The van der Waals surface area contributed by atoms with E-state index in [1.54, 1.807) is 13.0 Å². The number of nitrogens with zero attached hydrogens (tertiary/aromatic N) is 1. The number of nitro benzene ring substituents is 1. The topological polar surface area (TPSA) is 98.3 Å². The van der Waals surface area contributed by atoms with Gasteiger partial charge in [-0.2, -0.15) is 0 Å². The maximum absolute atomic E-state index is 11.9. The molecule has 1 unspecified atom stereocenters. The fraction of sp³-hybridized carbons (Fsp3) is 0.500. The molecule has 1 aromatic carbocycles. The molecular formula is C14H21N3O3. The zero-order valence-corrected chi connectivity index (χ0v) is 12.3. The van der Waals surface area contributed by atoms with Crippen LogP contribution >= 0.6 is 0 Å². The highest BCUT2D eigenvalue weighted by atomic mass is 16.6. The number of hydrogen-bond donors (Lipinski definition) is 2. The maximum atomic E-state index is 11.9. The van der Waals surface area contributed by atoms with Crippen molar-refractivity contribution in [2.24, 2.45) is 11.7 Å². The van der Waals surface area contributed by atoms with Crippen molar-refractivity contribution in [3.63, 3.8) is 0 Å². The van der Waals surface area contributed by atoms with Gasteiger partial charge in [0.1, 0.15) is 5.69 Å². The van der Waals surface area contributed by atoms with E-state index >= 15 is 0 Å². The lowest BCUT2D eigenvalue weighted by Crippen LogP contribution is -2.31. The molecule has 6 heteroatoms. The van der Waals surface area contributed by atoms with Gasteiger partial charge in [0.25, 0.3) is 5.69 Å². The molecule has 1 atom stereocenters. The number of amides is 1. The predicted molar refractivity (Wildman–Crippen MR) is 78.6 cm³/mol. The summed E-state index contributed by atoms with van der Waals surface area (Å²) in [5.74, 6) is -0.131. The first kappa shape index (κ1) is 16.1. The molecule has 1 aromatic rings. The van der Waals surface area contributed by atoms with Crippen LogP contribution in [0.25, 0.3) is 0 Å². The SMILES string of the molecule is Cc1cc(NC(=O)CC(N)C(C)C)c([N+](=O)[O-])cc1C. The standard InChI is InChI=1S/C14H21N3O3/c1-8(2)11(15)7-14(18)16-12-5-9(3)10(4)6-13(12)17(19)20/h5-6,8,11H,7,15H2,1-4H3,(H,16,18). The van der Waals surface area contributed by atoms with E-state index in [1.807, 2.05) is 20.8 Å². The van der Waals surface area contributed by atoms with Crippen molar-refractivity contribution in [1.82, 2.24) is 0 Å². The van der Waals surface area contributed by atoms with Gasteiger partial charge in [-0.05, 0) is 37.0 Å².